The first-order valence-corrected chi connectivity index (χ1v) is 5.93. The molecule has 0 aromatic carbocycles. The lowest BCUT2D eigenvalue weighted by Crippen LogP contribution is -2.46. The van der Waals surface area contributed by atoms with Crippen molar-refractivity contribution in [2.24, 2.45) is 0 Å². The Bertz CT molecular complexity index is 459. The highest BCUT2D eigenvalue weighted by molar-refractivity contribution is 5.86. The molecule has 0 aliphatic rings. The summed E-state index contributed by atoms with van der Waals surface area (Å²) in [5.41, 5.74) is 0.580. The fraction of sp³-hybridized carbons (Fsp3) is 0.455. The summed E-state index contributed by atoms with van der Waals surface area (Å²) in [6.45, 7) is 1.46. The lowest BCUT2D eigenvalue weighted by Gasteiger charge is -2.13. The summed E-state index contributed by atoms with van der Waals surface area (Å²) >= 11 is 0. The van der Waals surface area contributed by atoms with Crippen LogP contribution in [0.2, 0.25) is 0 Å². The molecular weight excluding hydrogens is 268 g/mol. The van der Waals surface area contributed by atoms with Crippen molar-refractivity contribution in [2.45, 2.75) is 19.4 Å². The molecule has 1 atom stereocenters. The molecule has 9 nitrogen and oxygen atoms in total. The van der Waals surface area contributed by atoms with Crippen molar-refractivity contribution >= 4 is 18.0 Å². The molecule has 0 fully saturated rings. The molecule has 1 aromatic heterocycles. The van der Waals surface area contributed by atoms with E-state index in [2.05, 4.69) is 25.3 Å². The summed E-state index contributed by atoms with van der Waals surface area (Å²) in [6.07, 6.45) is 2.22. The molecule has 0 aliphatic carbocycles. The number of aliphatic carboxylic acids is 1. The average Bonchev–Trinajstić information content (AvgIpc) is 2.89. The summed E-state index contributed by atoms with van der Waals surface area (Å²) in [6, 6.07) is -1.10. The standard InChI is InChI=1S/C11H16N4O5/c1-2-20-11(19)13-5-9(16)15-8(10(17)18)3-7-4-12-6-14-7/h4,6,8H,2-3,5H2,1H3,(H,12,14)(H,13,19)(H,15,16)(H,17,18)/t8-/m0/s1. The molecule has 110 valence electrons. The molecule has 0 bridgehead atoms. The number of nitrogens with one attached hydrogen (secondary N) is 3. The van der Waals surface area contributed by atoms with Gasteiger partial charge in [-0.05, 0) is 6.92 Å². The van der Waals surface area contributed by atoms with Gasteiger partial charge in [-0.1, -0.05) is 0 Å². The van der Waals surface area contributed by atoms with Gasteiger partial charge < -0.3 is 25.5 Å². The summed E-state index contributed by atoms with van der Waals surface area (Å²) in [4.78, 5) is 40.1. The van der Waals surface area contributed by atoms with Gasteiger partial charge in [0.2, 0.25) is 5.91 Å². The second kappa shape index (κ2) is 7.77. The fourth-order valence-corrected chi connectivity index (χ4v) is 1.40. The van der Waals surface area contributed by atoms with E-state index in [0.717, 1.165) is 0 Å². The van der Waals surface area contributed by atoms with Gasteiger partial charge in [-0.15, -0.1) is 0 Å². The predicted molar refractivity (Wildman–Crippen MR) is 66.9 cm³/mol. The van der Waals surface area contributed by atoms with E-state index in [9.17, 15) is 14.4 Å². The minimum atomic E-state index is -1.18. The molecule has 0 spiro atoms. The van der Waals surface area contributed by atoms with Crippen molar-refractivity contribution in [3.8, 4) is 0 Å². The molecule has 0 aliphatic heterocycles. The fourth-order valence-electron chi connectivity index (χ4n) is 1.40. The number of carbonyl (C=O) groups excluding carboxylic acids is 2. The van der Waals surface area contributed by atoms with Crippen LogP contribution < -0.4 is 10.6 Å². The van der Waals surface area contributed by atoms with Crippen LogP contribution in [0, 0.1) is 0 Å². The Morgan fingerprint density at radius 1 is 1.50 bits per heavy atom. The number of nitrogens with zero attached hydrogens (tertiary/aromatic N) is 1. The van der Waals surface area contributed by atoms with Gasteiger partial charge in [0.25, 0.3) is 0 Å². The highest BCUT2D eigenvalue weighted by Gasteiger charge is 2.21. The first kappa shape index (κ1) is 15.5. The number of H-pyrrole nitrogens is 1. The molecule has 9 heteroatoms. The third kappa shape index (κ3) is 5.38. The second-order valence-electron chi connectivity index (χ2n) is 3.81. The van der Waals surface area contributed by atoms with Crippen LogP contribution in [0.15, 0.2) is 12.5 Å². The maximum atomic E-state index is 11.5. The third-order valence-corrected chi connectivity index (χ3v) is 2.28. The highest BCUT2D eigenvalue weighted by Crippen LogP contribution is 1.98. The maximum Gasteiger partial charge on any atom is 0.407 e. The van der Waals surface area contributed by atoms with E-state index in [4.69, 9.17) is 5.11 Å². The SMILES string of the molecule is CCOC(=O)NCC(=O)N[C@@H](Cc1cnc[nH]1)C(=O)O. The van der Waals surface area contributed by atoms with Gasteiger partial charge >= 0.3 is 12.1 Å². The number of carbonyl (C=O) groups is 3. The molecular formula is C11H16N4O5. The van der Waals surface area contributed by atoms with Crippen molar-refractivity contribution in [1.82, 2.24) is 20.6 Å². The Morgan fingerprint density at radius 3 is 2.80 bits per heavy atom. The van der Waals surface area contributed by atoms with Crippen LogP contribution in [-0.2, 0) is 20.7 Å². The van der Waals surface area contributed by atoms with E-state index in [0.29, 0.717) is 5.69 Å². The van der Waals surface area contributed by atoms with E-state index >= 15 is 0 Å². The van der Waals surface area contributed by atoms with Gasteiger partial charge in [-0.3, -0.25) is 4.79 Å². The number of aromatic nitrogens is 2. The van der Waals surface area contributed by atoms with Crippen LogP contribution in [0.4, 0.5) is 4.79 Å². The number of imidazole rings is 1. The molecule has 4 N–H and O–H groups in total. The van der Waals surface area contributed by atoms with Crippen LogP contribution in [-0.4, -0.2) is 52.2 Å². The van der Waals surface area contributed by atoms with Crippen molar-refractivity contribution in [1.29, 1.82) is 0 Å². The van der Waals surface area contributed by atoms with Crippen molar-refractivity contribution in [3.63, 3.8) is 0 Å². The molecule has 1 aromatic rings. The van der Waals surface area contributed by atoms with E-state index in [-0.39, 0.29) is 19.6 Å². The quantitative estimate of drug-likeness (QED) is 0.521. The van der Waals surface area contributed by atoms with E-state index in [1.165, 1.54) is 12.5 Å². The number of aromatic amines is 1. The van der Waals surface area contributed by atoms with Gasteiger partial charge in [-0.25, -0.2) is 14.6 Å². The zero-order valence-corrected chi connectivity index (χ0v) is 10.9. The molecule has 20 heavy (non-hydrogen) atoms. The molecule has 0 saturated carbocycles. The van der Waals surface area contributed by atoms with Crippen LogP contribution in [0.25, 0.3) is 0 Å². The normalized spacial score (nSPS) is 11.4. The number of carboxylic acid groups (broad SMARTS) is 1. The largest absolute Gasteiger partial charge is 0.480 e. The molecule has 2 amide bonds. The first-order valence-electron chi connectivity index (χ1n) is 5.93. The van der Waals surface area contributed by atoms with Gasteiger partial charge in [-0.2, -0.15) is 0 Å². The Kier molecular flexibility index (Phi) is 6.01. The Labute approximate surface area is 114 Å². The molecule has 1 heterocycles. The average molecular weight is 284 g/mol. The monoisotopic (exact) mass is 284 g/mol. The number of hydrogen-bond donors (Lipinski definition) is 4. The number of alkyl carbamates (subject to hydrolysis) is 1. The molecule has 1 rings (SSSR count). The minimum Gasteiger partial charge on any atom is -0.480 e. The lowest BCUT2D eigenvalue weighted by molar-refractivity contribution is -0.141. The Hall–Kier alpha value is -2.58. The molecule has 0 unspecified atom stereocenters. The summed E-state index contributed by atoms with van der Waals surface area (Å²) in [5, 5.41) is 13.5. The highest BCUT2D eigenvalue weighted by atomic mass is 16.5. The van der Waals surface area contributed by atoms with Gasteiger partial charge in [0, 0.05) is 18.3 Å². The van der Waals surface area contributed by atoms with E-state index < -0.39 is 24.0 Å². The zero-order chi connectivity index (χ0) is 15.0. The number of hydrogen-bond acceptors (Lipinski definition) is 5. The smallest absolute Gasteiger partial charge is 0.407 e. The number of carboxylic acids is 1. The summed E-state index contributed by atoms with van der Waals surface area (Å²) in [5.74, 6) is -1.80. The van der Waals surface area contributed by atoms with E-state index in [1.807, 2.05) is 0 Å². The summed E-state index contributed by atoms with van der Waals surface area (Å²) in [7, 11) is 0. The number of rotatable bonds is 7. The Balaban J connectivity index is 2.43. The predicted octanol–water partition coefficient (Wildman–Crippen LogP) is -0.732. The zero-order valence-electron chi connectivity index (χ0n) is 10.9. The second-order valence-corrected chi connectivity index (χ2v) is 3.81. The van der Waals surface area contributed by atoms with Gasteiger partial charge in [0.1, 0.15) is 12.6 Å². The van der Waals surface area contributed by atoms with Gasteiger partial charge in [0.05, 0.1) is 12.9 Å². The van der Waals surface area contributed by atoms with Crippen LogP contribution in [0.3, 0.4) is 0 Å². The topological polar surface area (TPSA) is 133 Å². The van der Waals surface area contributed by atoms with E-state index in [1.54, 1.807) is 6.92 Å². The molecule has 0 radical (unpaired) electrons. The first-order chi connectivity index (χ1) is 9.52. The van der Waals surface area contributed by atoms with Gasteiger partial charge in [0.15, 0.2) is 0 Å². The maximum absolute atomic E-state index is 11.5. The Morgan fingerprint density at radius 2 is 2.25 bits per heavy atom. The number of amides is 2. The lowest BCUT2D eigenvalue weighted by atomic mass is 10.1. The van der Waals surface area contributed by atoms with Crippen LogP contribution in [0.5, 0.6) is 0 Å². The molecule has 0 saturated heterocycles. The van der Waals surface area contributed by atoms with Crippen LogP contribution >= 0.6 is 0 Å². The van der Waals surface area contributed by atoms with Crippen LogP contribution in [0.1, 0.15) is 12.6 Å². The minimum absolute atomic E-state index is 0.0699. The van der Waals surface area contributed by atoms with Crippen molar-refractivity contribution < 1.29 is 24.2 Å². The summed E-state index contributed by atoms with van der Waals surface area (Å²) < 4.78 is 4.57. The third-order valence-electron chi connectivity index (χ3n) is 2.28. The number of ether oxygens (including phenoxy) is 1. The van der Waals surface area contributed by atoms with Crippen molar-refractivity contribution in [3.05, 3.63) is 18.2 Å². The van der Waals surface area contributed by atoms with Crippen molar-refractivity contribution in [2.75, 3.05) is 13.2 Å².